The molecule has 104 valence electrons. The fourth-order valence-corrected chi connectivity index (χ4v) is 2.34. The van der Waals surface area contributed by atoms with Gasteiger partial charge in [0.05, 0.1) is 12.8 Å². The highest BCUT2D eigenvalue weighted by Gasteiger charge is 2.29. The summed E-state index contributed by atoms with van der Waals surface area (Å²) in [5, 5.41) is 0. The summed E-state index contributed by atoms with van der Waals surface area (Å²) in [5.41, 5.74) is -1.47. The van der Waals surface area contributed by atoms with E-state index in [1.54, 1.807) is 0 Å². The molecule has 10 nitrogen and oxygen atoms in total. The number of nitrogens with zero attached hydrogens (tertiary/aromatic N) is 2. The van der Waals surface area contributed by atoms with Crippen LogP contribution in [0.5, 0.6) is 0 Å². The van der Waals surface area contributed by atoms with Gasteiger partial charge in [0.15, 0.2) is 16.9 Å². The number of phosphoric acid groups is 1. The minimum Gasteiger partial charge on any atom is -0.402 e. The summed E-state index contributed by atoms with van der Waals surface area (Å²) in [6.45, 7) is -0.134. The molecule has 1 atom stereocenters. The first-order chi connectivity index (χ1) is 9.44. The normalized spacial score (nSPS) is 22.4. The summed E-state index contributed by atoms with van der Waals surface area (Å²) in [6.07, 6.45) is 2.58. The van der Waals surface area contributed by atoms with E-state index in [9.17, 15) is 19.0 Å². The monoisotopic (exact) mass is 298 g/mol. The molecule has 1 aliphatic rings. The topological polar surface area (TPSA) is 147 Å². The van der Waals surface area contributed by atoms with Gasteiger partial charge in [-0.3, -0.25) is 24.2 Å². The molecule has 2 aromatic rings. The van der Waals surface area contributed by atoms with E-state index in [1.165, 1.54) is 12.3 Å². The van der Waals surface area contributed by atoms with Crippen molar-refractivity contribution in [1.82, 2.24) is 19.9 Å². The van der Waals surface area contributed by atoms with E-state index in [-0.39, 0.29) is 29.2 Å². The predicted octanol–water partition coefficient (Wildman–Crippen LogP) is -0.506. The van der Waals surface area contributed by atoms with Crippen molar-refractivity contribution in [3.63, 3.8) is 0 Å². The van der Waals surface area contributed by atoms with Gasteiger partial charge in [-0.05, 0) is 6.08 Å². The first-order valence-electron chi connectivity index (χ1n) is 5.31. The summed E-state index contributed by atoms with van der Waals surface area (Å²) in [5.74, 6) is -0.0258. The molecule has 3 rings (SSSR count). The van der Waals surface area contributed by atoms with Gasteiger partial charge in [-0.2, -0.15) is 0 Å². The van der Waals surface area contributed by atoms with Crippen LogP contribution in [-0.4, -0.2) is 31.4 Å². The summed E-state index contributed by atoms with van der Waals surface area (Å²) in [6, 6.07) is 0. The van der Waals surface area contributed by atoms with E-state index in [0.717, 1.165) is 0 Å². The molecule has 1 unspecified atom stereocenters. The number of nitrogens with one attached hydrogen (secondary N) is 2. The second kappa shape index (κ2) is 4.37. The molecule has 3 N–H and O–H groups in total. The highest BCUT2D eigenvalue weighted by atomic mass is 31.2. The lowest BCUT2D eigenvalue weighted by Crippen LogP contribution is -2.23. The number of hydrogen-bond donors (Lipinski definition) is 3. The highest BCUT2D eigenvalue weighted by Crippen LogP contribution is 2.49. The van der Waals surface area contributed by atoms with E-state index in [4.69, 9.17) is 4.52 Å². The molecule has 0 aromatic carbocycles. The van der Waals surface area contributed by atoms with Crippen LogP contribution in [0.3, 0.4) is 0 Å². The van der Waals surface area contributed by atoms with Crippen molar-refractivity contribution in [1.29, 1.82) is 0 Å². The van der Waals surface area contributed by atoms with Gasteiger partial charge >= 0.3 is 13.5 Å². The Labute approximate surface area is 109 Å². The van der Waals surface area contributed by atoms with Crippen LogP contribution in [0.2, 0.25) is 0 Å². The molecule has 0 aliphatic carbocycles. The zero-order valence-electron chi connectivity index (χ0n) is 9.69. The summed E-state index contributed by atoms with van der Waals surface area (Å²) >= 11 is 0. The maximum Gasteiger partial charge on any atom is 0.527 e. The third kappa shape index (κ3) is 2.27. The van der Waals surface area contributed by atoms with Crippen molar-refractivity contribution in [3.05, 3.63) is 38.8 Å². The summed E-state index contributed by atoms with van der Waals surface area (Å²) < 4.78 is 20.5. The Morgan fingerprint density at radius 2 is 2.15 bits per heavy atom. The second-order valence-electron chi connectivity index (χ2n) is 3.78. The number of H-pyrrole nitrogens is 2. The molecule has 3 heterocycles. The molecule has 0 bridgehead atoms. The van der Waals surface area contributed by atoms with Gasteiger partial charge in [-0.15, -0.1) is 0 Å². The third-order valence-corrected chi connectivity index (χ3v) is 3.32. The molecular weight excluding hydrogens is 291 g/mol. The van der Waals surface area contributed by atoms with Gasteiger partial charge in [0.25, 0.3) is 5.56 Å². The first kappa shape index (κ1) is 12.7. The molecule has 20 heavy (non-hydrogen) atoms. The van der Waals surface area contributed by atoms with E-state index < -0.39 is 19.1 Å². The Balaban J connectivity index is 2.15. The van der Waals surface area contributed by atoms with Crippen LogP contribution in [0.25, 0.3) is 16.9 Å². The van der Waals surface area contributed by atoms with Crippen LogP contribution in [0.1, 0.15) is 5.69 Å². The van der Waals surface area contributed by atoms with Crippen LogP contribution in [-0.2, 0) is 13.6 Å². The maximum absolute atomic E-state index is 11.6. The van der Waals surface area contributed by atoms with Crippen LogP contribution < -0.4 is 11.2 Å². The number of fused-ring (bicyclic) bond motifs is 1. The molecule has 1 aliphatic heterocycles. The zero-order valence-corrected chi connectivity index (χ0v) is 10.6. The minimum absolute atomic E-state index is 0.00217. The maximum atomic E-state index is 11.6. The molecule has 0 saturated heterocycles. The van der Waals surface area contributed by atoms with E-state index in [0.29, 0.717) is 0 Å². The quantitative estimate of drug-likeness (QED) is 0.596. The molecule has 0 amide bonds. The van der Waals surface area contributed by atoms with Gasteiger partial charge in [0.2, 0.25) is 0 Å². The average molecular weight is 298 g/mol. The van der Waals surface area contributed by atoms with Crippen molar-refractivity contribution in [3.8, 4) is 0 Å². The average Bonchev–Trinajstić information content (AvgIpc) is 2.37. The van der Waals surface area contributed by atoms with Crippen molar-refractivity contribution in [2.75, 3.05) is 6.61 Å². The lowest BCUT2D eigenvalue weighted by molar-refractivity contribution is 0.198. The van der Waals surface area contributed by atoms with E-state index >= 15 is 0 Å². The number of hydrogen-bond acceptors (Lipinski definition) is 7. The molecule has 2 aromatic heterocycles. The van der Waals surface area contributed by atoms with Crippen molar-refractivity contribution in [2.45, 2.75) is 0 Å². The number of aromatic nitrogens is 4. The number of rotatable bonds is 1. The van der Waals surface area contributed by atoms with E-state index in [1.807, 2.05) is 4.98 Å². The molecule has 0 fully saturated rings. The summed E-state index contributed by atoms with van der Waals surface area (Å²) in [7, 11) is -4.17. The van der Waals surface area contributed by atoms with Crippen molar-refractivity contribution < 1.29 is 18.5 Å². The second-order valence-corrected chi connectivity index (χ2v) is 5.16. The number of phosphoric ester groups is 1. The van der Waals surface area contributed by atoms with Crippen molar-refractivity contribution >= 4 is 24.7 Å². The van der Waals surface area contributed by atoms with Crippen molar-refractivity contribution in [2.24, 2.45) is 0 Å². The van der Waals surface area contributed by atoms with Gasteiger partial charge < -0.3 is 4.52 Å². The fourth-order valence-electron chi connectivity index (χ4n) is 1.61. The Morgan fingerprint density at radius 3 is 2.90 bits per heavy atom. The molecule has 0 saturated carbocycles. The Morgan fingerprint density at radius 1 is 1.35 bits per heavy atom. The largest absolute Gasteiger partial charge is 0.527 e. The standard InChI is InChI=1S/C9H7N4O6P/c14-8-6-7(12-9(15)13-8)10-3-4(11-6)5-1-2-18-20(16,17)19-5/h1,3H,2H2,(H,16,17)(H2,10,12,13,14,15). The third-order valence-electron chi connectivity index (χ3n) is 2.42. The Kier molecular flexibility index (Phi) is 2.78. The Bertz CT molecular complexity index is 884. The van der Waals surface area contributed by atoms with E-state index in [2.05, 4.69) is 19.5 Å². The van der Waals surface area contributed by atoms with Gasteiger partial charge in [0.1, 0.15) is 5.69 Å². The van der Waals surface area contributed by atoms with Crippen LogP contribution in [0.15, 0.2) is 21.9 Å². The lowest BCUT2D eigenvalue weighted by Gasteiger charge is -2.18. The fraction of sp³-hybridized carbons (Fsp3) is 0.111. The lowest BCUT2D eigenvalue weighted by atomic mass is 10.3. The SMILES string of the molecule is O=c1[nH]c(=O)c2nc(C3=CCOP(=O)(O)O3)cnc2[nH]1. The highest BCUT2D eigenvalue weighted by molar-refractivity contribution is 7.47. The molecule has 0 radical (unpaired) electrons. The van der Waals surface area contributed by atoms with Crippen LogP contribution in [0.4, 0.5) is 0 Å². The summed E-state index contributed by atoms with van der Waals surface area (Å²) in [4.78, 5) is 44.0. The van der Waals surface area contributed by atoms with Gasteiger partial charge in [0, 0.05) is 0 Å². The zero-order chi connectivity index (χ0) is 14.3. The first-order valence-corrected chi connectivity index (χ1v) is 6.81. The van der Waals surface area contributed by atoms with Crippen LogP contribution in [0, 0.1) is 0 Å². The smallest absolute Gasteiger partial charge is 0.402 e. The van der Waals surface area contributed by atoms with Gasteiger partial charge in [-0.25, -0.2) is 19.3 Å². The predicted molar refractivity (Wildman–Crippen MR) is 65.6 cm³/mol. The molecule has 0 spiro atoms. The Hall–Kier alpha value is -2.29. The molecule has 11 heteroatoms. The van der Waals surface area contributed by atoms with Crippen LogP contribution >= 0.6 is 7.82 Å². The molecular formula is C9H7N4O6P. The number of aromatic amines is 2. The minimum atomic E-state index is -4.17. The van der Waals surface area contributed by atoms with Gasteiger partial charge in [-0.1, -0.05) is 0 Å².